The number of hydrogen-bond acceptors (Lipinski definition) is 4. The molecule has 1 fully saturated rings. The molecule has 0 spiro atoms. The summed E-state index contributed by atoms with van der Waals surface area (Å²) in [4.78, 5) is 4.75. The largest absolute Gasteiger partial charge is 0.469 e. The third-order valence-corrected chi connectivity index (χ3v) is 5.10. The van der Waals surface area contributed by atoms with E-state index in [1.54, 1.807) is 6.26 Å². The second kappa shape index (κ2) is 11.4. The van der Waals surface area contributed by atoms with E-state index in [9.17, 15) is 0 Å². The van der Waals surface area contributed by atoms with Gasteiger partial charge >= 0.3 is 0 Å². The fourth-order valence-electron chi connectivity index (χ4n) is 3.45. The molecule has 0 bridgehead atoms. The van der Waals surface area contributed by atoms with Gasteiger partial charge in [-0.2, -0.15) is 0 Å². The van der Waals surface area contributed by atoms with Crippen molar-refractivity contribution in [2.24, 2.45) is 10.9 Å². The predicted molar refractivity (Wildman–Crippen MR) is 118 cm³/mol. The van der Waals surface area contributed by atoms with Crippen LogP contribution in [-0.4, -0.2) is 24.2 Å². The molecule has 0 radical (unpaired) electrons. The summed E-state index contributed by atoms with van der Waals surface area (Å²) in [6, 6.07) is 3.92. The van der Waals surface area contributed by atoms with Crippen molar-refractivity contribution in [3.8, 4) is 0 Å². The second-order valence-corrected chi connectivity index (χ2v) is 7.11. The molecule has 6 nitrogen and oxygen atoms in total. The molecule has 0 amide bonds. The van der Waals surface area contributed by atoms with E-state index in [4.69, 9.17) is 13.9 Å². The molecule has 1 aliphatic carbocycles. The van der Waals surface area contributed by atoms with Crippen molar-refractivity contribution in [1.29, 1.82) is 0 Å². The molecule has 1 saturated carbocycles. The quantitative estimate of drug-likeness (QED) is 0.346. The molecular weight excluding hydrogens is 455 g/mol. The lowest BCUT2D eigenvalue weighted by Gasteiger charge is -2.23. The Morgan fingerprint density at radius 1 is 1.22 bits per heavy atom. The molecular formula is C20H31IN4O2. The van der Waals surface area contributed by atoms with E-state index in [0.29, 0.717) is 6.54 Å². The van der Waals surface area contributed by atoms with Crippen LogP contribution in [0.3, 0.4) is 0 Å². The fourth-order valence-corrected chi connectivity index (χ4v) is 3.45. The molecule has 2 heterocycles. The van der Waals surface area contributed by atoms with Crippen LogP contribution in [0.5, 0.6) is 0 Å². The maximum atomic E-state index is 5.40. The first-order chi connectivity index (χ1) is 12.7. The second-order valence-electron chi connectivity index (χ2n) is 7.11. The number of furan rings is 1. The van der Waals surface area contributed by atoms with E-state index in [0.717, 1.165) is 54.2 Å². The monoisotopic (exact) mass is 486 g/mol. The summed E-state index contributed by atoms with van der Waals surface area (Å²) in [5, 5.41) is 11.0. The van der Waals surface area contributed by atoms with Gasteiger partial charge in [0.05, 0.1) is 18.5 Å². The number of nitrogens with zero attached hydrogens (tertiary/aromatic N) is 2. The van der Waals surface area contributed by atoms with Gasteiger partial charge in [0.2, 0.25) is 0 Å². The summed E-state index contributed by atoms with van der Waals surface area (Å²) in [6.45, 7) is 6.23. The van der Waals surface area contributed by atoms with Crippen LogP contribution in [-0.2, 0) is 13.0 Å². The number of halogens is 1. The van der Waals surface area contributed by atoms with Crippen molar-refractivity contribution >= 4 is 29.9 Å². The van der Waals surface area contributed by atoms with E-state index >= 15 is 0 Å². The number of aromatic nitrogens is 1. The molecule has 2 aromatic heterocycles. The third kappa shape index (κ3) is 6.86. The molecule has 0 atom stereocenters. The highest BCUT2D eigenvalue weighted by Crippen LogP contribution is 2.22. The fraction of sp³-hybridized carbons (Fsp3) is 0.600. The highest BCUT2D eigenvalue weighted by Gasteiger charge is 2.14. The van der Waals surface area contributed by atoms with Crippen LogP contribution in [0.25, 0.3) is 0 Å². The summed E-state index contributed by atoms with van der Waals surface area (Å²) in [7, 11) is 0. The van der Waals surface area contributed by atoms with E-state index in [1.807, 2.05) is 26.0 Å². The number of aliphatic imine (C=N–C) groups is 1. The smallest absolute Gasteiger partial charge is 0.191 e. The van der Waals surface area contributed by atoms with E-state index < -0.39 is 0 Å². The van der Waals surface area contributed by atoms with Gasteiger partial charge in [-0.1, -0.05) is 24.4 Å². The molecule has 1 aliphatic rings. The Kier molecular flexibility index (Phi) is 9.17. The van der Waals surface area contributed by atoms with E-state index in [2.05, 4.69) is 15.8 Å². The average molecular weight is 486 g/mol. The van der Waals surface area contributed by atoms with Gasteiger partial charge in [0.15, 0.2) is 5.96 Å². The lowest BCUT2D eigenvalue weighted by atomic mass is 9.89. The average Bonchev–Trinajstić information content (AvgIpc) is 3.28. The number of rotatable bonds is 7. The molecule has 0 unspecified atom stereocenters. The Hall–Kier alpha value is -1.51. The van der Waals surface area contributed by atoms with Crippen molar-refractivity contribution in [1.82, 2.24) is 15.8 Å². The third-order valence-electron chi connectivity index (χ3n) is 5.10. The van der Waals surface area contributed by atoms with Crippen LogP contribution in [0.4, 0.5) is 0 Å². The summed E-state index contributed by atoms with van der Waals surface area (Å²) in [5.41, 5.74) is 1.98. The Balaban J connectivity index is 0.00000261. The Morgan fingerprint density at radius 3 is 2.70 bits per heavy atom. The Morgan fingerprint density at radius 2 is 2.04 bits per heavy atom. The molecule has 0 aromatic carbocycles. The minimum absolute atomic E-state index is 0. The highest BCUT2D eigenvalue weighted by atomic mass is 127. The minimum atomic E-state index is 0. The lowest BCUT2D eigenvalue weighted by Crippen LogP contribution is -2.41. The zero-order valence-electron chi connectivity index (χ0n) is 16.3. The Labute approximate surface area is 178 Å². The van der Waals surface area contributed by atoms with Gasteiger partial charge in [0.25, 0.3) is 0 Å². The maximum Gasteiger partial charge on any atom is 0.191 e. The van der Waals surface area contributed by atoms with Gasteiger partial charge in [0.1, 0.15) is 11.5 Å². The van der Waals surface area contributed by atoms with Gasteiger partial charge in [-0.15, -0.1) is 24.0 Å². The van der Waals surface area contributed by atoms with Gasteiger partial charge in [-0.05, 0) is 44.7 Å². The zero-order chi connectivity index (χ0) is 18.2. The van der Waals surface area contributed by atoms with Gasteiger partial charge < -0.3 is 19.6 Å². The van der Waals surface area contributed by atoms with Gasteiger partial charge in [-0.3, -0.25) is 0 Å². The number of aryl methyl sites for hydroxylation is 2. The van der Waals surface area contributed by atoms with Crippen LogP contribution < -0.4 is 10.6 Å². The zero-order valence-corrected chi connectivity index (χ0v) is 18.6. The van der Waals surface area contributed by atoms with Gasteiger partial charge in [0, 0.05) is 25.1 Å². The topological polar surface area (TPSA) is 75.6 Å². The summed E-state index contributed by atoms with van der Waals surface area (Å²) < 4.78 is 10.6. The molecule has 7 heteroatoms. The van der Waals surface area contributed by atoms with Crippen molar-refractivity contribution in [3.05, 3.63) is 41.2 Å². The van der Waals surface area contributed by atoms with E-state index in [-0.39, 0.29) is 24.0 Å². The molecule has 2 aromatic rings. The van der Waals surface area contributed by atoms with Crippen molar-refractivity contribution in [2.75, 3.05) is 13.1 Å². The molecule has 27 heavy (non-hydrogen) atoms. The maximum absolute atomic E-state index is 5.40. The SMILES string of the molecule is Cc1noc(C)c1CN=C(NCCc1ccco1)NCC1CCCCC1.I. The molecule has 2 N–H and O–H groups in total. The first kappa shape index (κ1) is 21.8. The van der Waals surface area contributed by atoms with Crippen LogP contribution in [0.15, 0.2) is 32.3 Å². The summed E-state index contributed by atoms with van der Waals surface area (Å²) in [5.74, 6) is 3.42. The van der Waals surface area contributed by atoms with Crippen LogP contribution in [0, 0.1) is 19.8 Å². The van der Waals surface area contributed by atoms with Crippen molar-refractivity contribution < 1.29 is 8.94 Å². The summed E-state index contributed by atoms with van der Waals surface area (Å²) in [6.07, 6.45) is 9.26. The highest BCUT2D eigenvalue weighted by molar-refractivity contribution is 14.0. The van der Waals surface area contributed by atoms with Crippen molar-refractivity contribution in [2.45, 2.75) is 58.9 Å². The molecule has 150 valence electrons. The number of guanidine groups is 1. The normalized spacial score (nSPS) is 15.4. The minimum Gasteiger partial charge on any atom is -0.469 e. The van der Waals surface area contributed by atoms with Crippen LogP contribution in [0.1, 0.15) is 54.9 Å². The molecule has 0 aliphatic heterocycles. The summed E-state index contributed by atoms with van der Waals surface area (Å²) >= 11 is 0. The standard InChI is InChI=1S/C20H30N4O2.HI/c1-15-19(16(2)26-24-15)14-23-20(21-11-10-18-9-6-12-25-18)22-13-17-7-4-3-5-8-17;/h6,9,12,17H,3-5,7-8,10-11,13-14H2,1-2H3,(H2,21,22,23);1H. The Bertz CT molecular complexity index is 671. The lowest BCUT2D eigenvalue weighted by molar-refractivity contribution is 0.355. The number of nitrogens with one attached hydrogen (secondary N) is 2. The van der Waals surface area contributed by atoms with Crippen molar-refractivity contribution in [3.63, 3.8) is 0 Å². The number of hydrogen-bond donors (Lipinski definition) is 2. The first-order valence-corrected chi connectivity index (χ1v) is 9.68. The molecule has 0 saturated heterocycles. The predicted octanol–water partition coefficient (Wildman–Crippen LogP) is 4.36. The first-order valence-electron chi connectivity index (χ1n) is 9.68. The van der Waals surface area contributed by atoms with E-state index in [1.165, 1.54) is 32.1 Å². The van der Waals surface area contributed by atoms with Crippen LogP contribution >= 0.6 is 24.0 Å². The van der Waals surface area contributed by atoms with Gasteiger partial charge in [-0.25, -0.2) is 4.99 Å². The van der Waals surface area contributed by atoms with Crippen LogP contribution in [0.2, 0.25) is 0 Å². The molecule has 3 rings (SSSR count).